The van der Waals surface area contributed by atoms with Crippen LogP contribution < -0.4 is 5.32 Å². The summed E-state index contributed by atoms with van der Waals surface area (Å²) in [6.07, 6.45) is 0.115. The van der Waals surface area contributed by atoms with Gasteiger partial charge in [0, 0.05) is 0 Å². The zero-order chi connectivity index (χ0) is 23.8. The SMILES string of the molecule is N#Cc1cc(NC(=O)c2cnn(-c3ncc(F)cc3Cl)c2C(F)(F)F)cnc1-n1nccn1. The summed E-state index contributed by atoms with van der Waals surface area (Å²) in [4.78, 5) is 21.2. The molecule has 0 aliphatic heterocycles. The summed E-state index contributed by atoms with van der Waals surface area (Å²) in [7, 11) is 0. The number of carbonyl (C=O) groups is 1. The molecule has 0 aliphatic carbocycles. The fourth-order valence-corrected chi connectivity index (χ4v) is 3.04. The molecule has 0 aliphatic rings. The maximum absolute atomic E-state index is 13.8. The van der Waals surface area contributed by atoms with Gasteiger partial charge in [-0.2, -0.15) is 33.7 Å². The average Bonchev–Trinajstić information content (AvgIpc) is 3.43. The van der Waals surface area contributed by atoms with E-state index >= 15 is 0 Å². The van der Waals surface area contributed by atoms with Gasteiger partial charge in [0.1, 0.15) is 17.4 Å². The van der Waals surface area contributed by atoms with E-state index in [2.05, 4.69) is 30.6 Å². The number of alkyl halides is 3. The van der Waals surface area contributed by atoms with E-state index in [1.165, 1.54) is 18.5 Å². The summed E-state index contributed by atoms with van der Waals surface area (Å²) in [5.41, 5.74) is -2.45. The van der Waals surface area contributed by atoms with Crippen molar-refractivity contribution in [3.63, 3.8) is 0 Å². The standard InChI is InChI=1S/C18H8ClF4N9O/c19-13-4-10(20)6-25-16(13)31-14(18(21,22)23)12(8-29-31)17(33)30-11-3-9(5-24)15(26-7-11)32-27-1-2-28-32/h1-4,6-8H,(H,30,33). The third-order valence-corrected chi connectivity index (χ3v) is 4.40. The number of carbonyl (C=O) groups excluding carboxylic acids is 1. The van der Waals surface area contributed by atoms with Crippen LogP contribution in [0.3, 0.4) is 0 Å². The van der Waals surface area contributed by atoms with Crippen molar-refractivity contribution >= 4 is 23.2 Å². The van der Waals surface area contributed by atoms with Crippen molar-refractivity contribution < 1.29 is 22.4 Å². The van der Waals surface area contributed by atoms with E-state index < -0.39 is 40.0 Å². The second kappa shape index (κ2) is 8.28. The smallest absolute Gasteiger partial charge is 0.320 e. The Bertz CT molecular complexity index is 1390. The van der Waals surface area contributed by atoms with Gasteiger partial charge < -0.3 is 5.32 Å². The number of aromatic nitrogens is 7. The molecule has 0 saturated carbocycles. The van der Waals surface area contributed by atoms with Gasteiger partial charge in [0.25, 0.3) is 5.91 Å². The average molecular weight is 478 g/mol. The third kappa shape index (κ3) is 4.21. The molecular weight excluding hydrogens is 470 g/mol. The van der Waals surface area contributed by atoms with Crippen LogP contribution in [0.1, 0.15) is 21.6 Å². The van der Waals surface area contributed by atoms with E-state index in [4.69, 9.17) is 11.6 Å². The zero-order valence-corrected chi connectivity index (χ0v) is 16.7. The van der Waals surface area contributed by atoms with Crippen LogP contribution in [0.2, 0.25) is 5.02 Å². The molecule has 4 heterocycles. The van der Waals surface area contributed by atoms with Crippen LogP contribution in [-0.4, -0.2) is 40.6 Å². The lowest BCUT2D eigenvalue weighted by atomic mass is 10.2. The number of nitriles is 1. The Morgan fingerprint density at radius 3 is 2.39 bits per heavy atom. The number of hydrogen-bond donors (Lipinski definition) is 1. The van der Waals surface area contributed by atoms with Crippen LogP contribution in [0.15, 0.2) is 43.1 Å². The predicted molar refractivity (Wildman–Crippen MR) is 103 cm³/mol. The van der Waals surface area contributed by atoms with Crippen LogP contribution in [0, 0.1) is 17.1 Å². The molecule has 33 heavy (non-hydrogen) atoms. The first-order valence-corrected chi connectivity index (χ1v) is 9.11. The molecular formula is C18H8ClF4N9O. The molecule has 10 nitrogen and oxygen atoms in total. The Morgan fingerprint density at radius 2 is 1.76 bits per heavy atom. The molecule has 0 spiro atoms. The highest BCUT2D eigenvalue weighted by Crippen LogP contribution is 2.35. The second-order valence-electron chi connectivity index (χ2n) is 6.25. The van der Waals surface area contributed by atoms with Gasteiger partial charge in [-0.15, -0.1) is 4.80 Å². The maximum atomic E-state index is 13.8. The summed E-state index contributed by atoms with van der Waals surface area (Å²) >= 11 is 5.81. The van der Waals surface area contributed by atoms with Crippen molar-refractivity contribution in [1.82, 2.24) is 34.7 Å². The molecule has 4 aromatic heterocycles. The molecule has 0 aromatic carbocycles. The van der Waals surface area contributed by atoms with Gasteiger partial charge in [0.2, 0.25) is 0 Å². The van der Waals surface area contributed by atoms with Crippen LogP contribution in [0.5, 0.6) is 0 Å². The van der Waals surface area contributed by atoms with Crippen LogP contribution in [0.4, 0.5) is 23.2 Å². The number of rotatable bonds is 4. The maximum Gasteiger partial charge on any atom is 0.434 e. The Labute approximate surface area is 186 Å². The summed E-state index contributed by atoms with van der Waals surface area (Å²) in [5, 5.41) is 22.4. The van der Waals surface area contributed by atoms with Gasteiger partial charge in [-0.25, -0.2) is 19.0 Å². The minimum Gasteiger partial charge on any atom is -0.320 e. The van der Waals surface area contributed by atoms with Gasteiger partial charge in [0.15, 0.2) is 17.3 Å². The molecule has 0 saturated heterocycles. The lowest BCUT2D eigenvalue weighted by Crippen LogP contribution is -2.21. The molecule has 4 rings (SSSR count). The van der Waals surface area contributed by atoms with Gasteiger partial charge in [0.05, 0.1) is 47.3 Å². The van der Waals surface area contributed by atoms with Crippen LogP contribution in [-0.2, 0) is 6.18 Å². The molecule has 0 radical (unpaired) electrons. The first-order valence-electron chi connectivity index (χ1n) is 8.74. The van der Waals surface area contributed by atoms with Crippen molar-refractivity contribution in [2.45, 2.75) is 6.18 Å². The zero-order valence-electron chi connectivity index (χ0n) is 15.9. The molecule has 166 valence electrons. The molecule has 1 amide bonds. The fourth-order valence-electron chi connectivity index (χ4n) is 2.80. The van der Waals surface area contributed by atoms with Crippen molar-refractivity contribution in [2.75, 3.05) is 5.32 Å². The Hall–Kier alpha value is -4.38. The normalized spacial score (nSPS) is 11.3. The lowest BCUT2D eigenvalue weighted by Gasteiger charge is -2.13. The van der Waals surface area contributed by atoms with Crippen LogP contribution >= 0.6 is 11.6 Å². The summed E-state index contributed by atoms with van der Waals surface area (Å²) in [6.45, 7) is 0. The predicted octanol–water partition coefficient (Wildman–Crippen LogP) is 3.18. The number of hydrogen-bond acceptors (Lipinski definition) is 7. The number of amides is 1. The molecule has 0 fully saturated rings. The molecule has 0 atom stereocenters. The highest BCUT2D eigenvalue weighted by atomic mass is 35.5. The molecule has 0 unspecified atom stereocenters. The minimum absolute atomic E-state index is 0.0435. The van der Waals surface area contributed by atoms with Crippen molar-refractivity contribution in [3.8, 4) is 17.7 Å². The van der Waals surface area contributed by atoms with Gasteiger partial charge in [-0.1, -0.05) is 11.6 Å². The van der Waals surface area contributed by atoms with E-state index in [-0.39, 0.29) is 17.1 Å². The molecule has 15 heteroatoms. The largest absolute Gasteiger partial charge is 0.434 e. The highest BCUT2D eigenvalue weighted by Gasteiger charge is 2.41. The number of nitrogens with zero attached hydrogens (tertiary/aromatic N) is 8. The van der Waals surface area contributed by atoms with E-state index in [1.54, 1.807) is 0 Å². The molecule has 4 aromatic rings. The summed E-state index contributed by atoms with van der Waals surface area (Å²) in [5.74, 6) is -2.52. The molecule has 1 N–H and O–H groups in total. The van der Waals surface area contributed by atoms with Crippen molar-refractivity contribution in [3.05, 3.63) is 70.8 Å². The summed E-state index contributed by atoms with van der Waals surface area (Å²) < 4.78 is 55.0. The third-order valence-electron chi connectivity index (χ3n) is 4.12. The number of pyridine rings is 2. The Kier molecular flexibility index (Phi) is 5.48. The minimum atomic E-state index is -5.05. The number of anilines is 1. The quantitative estimate of drug-likeness (QED) is 0.447. The van der Waals surface area contributed by atoms with E-state index in [9.17, 15) is 27.6 Å². The van der Waals surface area contributed by atoms with E-state index in [0.717, 1.165) is 17.1 Å². The first-order chi connectivity index (χ1) is 15.7. The molecule has 0 bridgehead atoms. The van der Waals surface area contributed by atoms with E-state index in [0.29, 0.717) is 17.1 Å². The van der Waals surface area contributed by atoms with Crippen molar-refractivity contribution in [1.29, 1.82) is 5.26 Å². The number of halogens is 5. The fraction of sp³-hybridized carbons (Fsp3) is 0.0556. The van der Waals surface area contributed by atoms with Crippen LogP contribution in [0.25, 0.3) is 11.6 Å². The van der Waals surface area contributed by atoms with Gasteiger partial charge >= 0.3 is 6.18 Å². The van der Waals surface area contributed by atoms with Crippen molar-refractivity contribution in [2.24, 2.45) is 0 Å². The first kappa shape index (κ1) is 21.8. The topological polar surface area (TPSA) is 127 Å². The lowest BCUT2D eigenvalue weighted by molar-refractivity contribution is -0.143. The number of nitrogens with one attached hydrogen (secondary N) is 1. The van der Waals surface area contributed by atoms with Gasteiger partial charge in [-0.3, -0.25) is 4.79 Å². The second-order valence-corrected chi connectivity index (χ2v) is 6.66. The summed E-state index contributed by atoms with van der Waals surface area (Å²) in [6, 6.07) is 3.80. The Morgan fingerprint density at radius 1 is 1.06 bits per heavy atom. The Balaban J connectivity index is 1.71. The highest BCUT2D eigenvalue weighted by molar-refractivity contribution is 6.32. The van der Waals surface area contributed by atoms with E-state index in [1.807, 2.05) is 6.07 Å². The van der Waals surface area contributed by atoms with Gasteiger partial charge in [-0.05, 0) is 12.1 Å². The monoisotopic (exact) mass is 477 g/mol.